The van der Waals surface area contributed by atoms with Crippen LogP contribution in [-0.4, -0.2) is 18.3 Å². The number of nitrogens with one attached hydrogen (secondary N) is 1. The number of phenolic OH excluding ortho intramolecular Hbond substituents is 1. The predicted octanol–water partition coefficient (Wildman–Crippen LogP) is 3.10. The van der Waals surface area contributed by atoms with Gasteiger partial charge in [-0.2, -0.15) is 0 Å². The first-order valence-electron chi connectivity index (χ1n) is 7.82. The number of phenols is 1. The van der Waals surface area contributed by atoms with Gasteiger partial charge in [-0.1, -0.05) is 6.07 Å². The van der Waals surface area contributed by atoms with E-state index in [2.05, 4.69) is 12.2 Å². The highest BCUT2D eigenvalue weighted by Gasteiger charge is 2.64. The summed E-state index contributed by atoms with van der Waals surface area (Å²) in [6.07, 6.45) is 4.38. The number of fused-ring (bicyclic) bond motifs is 5. The van der Waals surface area contributed by atoms with Crippen molar-refractivity contribution in [2.24, 2.45) is 23.7 Å². The van der Waals surface area contributed by atoms with Crippen LogP contribution >= 0.6 is 0 Å². The van der Waals surface area contributed by atoms with E-state index in [-0.39, 0.29) is 6.04 Å². The molecule has 0 heterocycles. The highest BCUT2D eigenvalue weighted by atomic mass is 16.5. The van der Waals surface area contributed by atoms with Crippen molar-refractivity contribution in [1.29, 1.82) is 0 Å². The predicted molar refractivity (Wildman–Crippen MR) is 77.8 cm³/mol. The first kappa shape index (κ1) is 12.5. The van der Waals surface area contributed by atoms with Crippen LogP contribution in [0.4, 0.5) is 0 Å². The zero-order valence-electron chi connectivity index (χ0n) is 12.2. The summed E-state index contributed by atoms with van der Waals surface area (Å²) in [6, 6.07) is 6.49. The van der Waals surface area contributed by atoms with Gasteiger partial charge in [0.15, 0.2) is 0 Å². The van der Waals surface area contributed by atoms with E-state index in [1.165, 1.54) is 19.3 Å². The monoisotopic (exact) mass is 273 g/mol. The third-order valence-corrected chi connectivity index (χ3v) is 5.88. The fourth-order valence-corrected chi connectivity index (χ4v) is 4.94. The number of rotatable bonds is 4. The van der Waals surface area contributed by atoms with E-state index in [0.717, 1.165) is 29.2 Å². The van der Waals surface area contributed by atoms with Crippen LogP contribution in [0.15, 0.2) is 18.2 Å². The molecule has 2 N–H and O–H groups in total. The lowest BCUT2D eigenvalue weighted by Crippen LogP contribution is -2.26. The third-order valence-electron chi connectivity index (χ3n) is 5.88. The van der Waals surface area contributed by atoms with Gasteiger partial charge in [0, 0.05) is 23.7 Å². The van der Waals surface area contributed by atoms with Crippen molar-refractivity contribution in [2.75, 3.05) is 7.11 Å². The minimum absolute atomic E-state index is 0.205. The van der Waals surface area contributed by atoms with Crippen LogP contribution in [-0.2, 0) is 0 Å². The standard InChI is InChI=1S/C17H23NO2/c1-9(13-6-5-12(20-2)8-14(13)19)18-17-15-10-3-4-11(7-10)16(15)17/h5-6,8-11,15-19H,3-4,7H2,1-2H3. The molecule has 3 heteroatoms. The smallest absolute Gasteiger partial charge is 0.124 e. The van der Waals surface area contributed by atoms with Gasteiger partial charge in [0.05, 0.1) is 7.11 Å². The van der Waals surface area contributed by atoms with Gasteiger partial charge in [0.25, 0.3) is 0 Å². The maximum Gasteiger partial charge on any atom is 0.124 e. The summed E-state index contributed by atoms with van der Waals surface area (Å²) in [4.78, 5) is 0. The second-order valence-corrected chi connectivity index (χ2v) is 6.83. The number of methoxy groups -OCH3 is 1. The molecule has 0 radical (unpaired) electrons. The van der Waals surface area contributed by atoms with Crippen molar-refractivity contribution in [3.05, 3.63) is 23.8 Å². The second-order valence-electron chi connectivity index (χ2n) is 6.83. The van der Waals surface area contributed by atoms with Gasteiger partial charge >= 0.3 is 0 Å². The molecule has 4 rings (SSSR count). The van der Waals surface area contributed by atoms with Crippen molar-refractivity contribution in [2.45, 2.75) is 38.3 Å². The zero-order chi connectivity index (χ0) is 13.9. The Bertz CT molecular complexity index is 514. The van der Waals surface area contributed by atoms with E-state index in [4.69, 9.17) is 4.74 Å². The van der Waals surface area contributed by atoms with E-state index < -0.39 is 0 Å². The van der Waals surface area contributed by atoms with Gasteiger partial charge in [0.2, 0.25) is 0 Å². The van der Waals surface area contributed by atoms with E-state index in [9.17, 15) is 5.11 Å². The molecule has 2 bridgehead atoms. The quantitative estimate of drug-likeness (QED) is 0.885. The first-order chi connectivity index (χ1) is 9.69. The van der Waals surface area contributed by atoms with Gasteiger partial charge in [-0.15, -0.1) is 0 Å². The summed E-state index contributed by atoms with van der Waals surface area (Å²) >= 11 is 0. The van der Waals surface area contributed by atoms with Crippen LogP contribution in [0, 0.1) is 23.7 Å². The molecule has 1 aromatic carbocycles. The SMILES string of the molecule is COc1ccc(C(C)NC2C3C4CCC(C4)C23)c(O)c1. The molecule has 3 nitrogen and oxygen atoms in total. The van der Waals surface area contributed by atoms with Crippen LogP contribution in [0.1, 0.15) is 37.8 Å². The summed E-state index contributed by atoms with van der Waals surface area (Å²) in [5, 5.41) is 13.9. The number of hydrogen-bond acceptors (Lipinski definition) is 3. The summed E-state index contributed by atoms with van der Waals surface area (Å²) in [7, 11) is 1.62. The Morgan fingerprint density at radius 3 is 2.55 bits per heavy atom. The average Bonchev–Trinajstić information content (AvgIpc) is 2.84. The van der Waals surface area contributed by atoms with E-state index >= 15 is 0 Å². The number of hydrogen-bond donors (Lipinski definition) is 2. The van der Waals surface area contributed by atoms with E-state index in [1.807, 2.05) is 12.1 Å². The summed E-state index contributed by atoms with van der Waals surface area (Å²) in [5.41, 5.74) is 0.975. The normalized spacial score (nSPS) is 38.6. The van der Waals surface area contributed by atoms with E-state index in [0.29, 0.717) is 17.5 Å². The Labute approximate surface area is 120 Å². The molecule has 108 valence electrons. The van der Waals surface area contributed by atoms with Crippen LogP contribution < -0.4 is 10.1 Å². The van der Waals surface area contributed by atoms with Crippen molar-refractivity contribution in [1.82, 2.24) is 5.32 Å². The maximum absolute atomic E-state index is 10.1. The van der Waals surface area contributed by atoms with Crippen molar-refractivity contribution >= 4 is 0 Å². The molecule has 20 heavy (non-hydrogen) atoms. The second kappa shape index (κ2) is 4.39. The molecule has 3 aliphatic rings. The third kappa shape index (κ3) is 1.76. The first-order valence-corrected chi connectivity index (χ1v) is 7.82. The Morgan fingerprint density at radius 2 is 1.95 bits per heavy atom. The Morgan fingerprint density at radius 1 is 1.25 bits per heavy atom. The van der Waals surface area contributed by atoms with Gasteiger partial charge in [0.1, 0.15) is 11.5 Å². The molecular weight excluding hydrogens is 250 g/mol. The molecular formula is C17H23NO2. The molecule has 0 aromatic heterocycles. The summed E-state index contributed by atoms with van der Waals surface area (Å²) in [5.74, 6) is 4.87. The summed E-state index contributed by atoms with van der Waals surface area (Å²) < 4.78 is 5.14. The molecule has 0 amide bonds. The van der Waals surface area contributed by atoms with E-state index in [1.54, 1.807) is 13.2 Å². The lowest BCUT2D eigenvalue weighted by atomic mass is 10.0. The van der Waals surface area contributed by atoms with Gasteiger partial charge < -0.3 is 15.2 Å². The van der Waals surface area contributed by atoms with Gasteiger partial charge in [-0.3, -0.25) is 0 Å². The molecule has 5 unspecified atom stereocenters. The van der Waals surface area contributed by atoms with Crippen LogP contribution in [0.2, 0.25) is 0 Å². The highest BCUT2D eigenvalue weighted by molar-refractivity contribution is 5.41. The molecule has 1 aromatic rings. The molecule has 3 saturated carbocycles. The molecule has 0 saturated heterocycles. The van der Waals surface area contributed by atoms with Crippen LogP contribution in [0.3, 0.4) is 0 Å². The molecule has 0 aliphatic heterocycles. The maximum atomic E-state index is 10.1. The highest BCUT2D eigenvalue weighted by Crippen LogP contribution is 2.65. The Balaban J connectivity index is 1.45. The summed E-state index contributed by atoms with van der Waals surface area (Å²) in [6.45, 7) is 2.15. The number of ether oxygens (including phenoxy) is 1. The zero-order valence-corrected chi connectivity index (χ0v) is 12.2. The van der Waals surface area contributed by atoms with Gasteiger partial charge in [-0.05, 0) is 55.9 Å². The molecule has 0 spiro atoms. The molecule has 3 fully saturated rings. The van der Waals surface area contributed by atoms with Gasteiger partial charge in [-0.25, -0.2) is 0 Å². The largest absolute Gasteiger partial charge is 0.507 e. The number of aromatic hydroxyl groups is 1. The fraction of sp³-hybridized carbons (Fsp3) is 0.647. The van der Waals surface area contributed by atoms with Crippen molar-refractivity contribution < 1.29 is 9.84 Å². The topological polar surface area (TPSA) is 41.5 Å². The average molecular weight is 273 g/mol. The molecule has 3 aliphatic carbocycles. The molecule has 5 atom stereocenters. The minimum Gasteiger partial charge on any atom is -0.507 e. The Hall–Kier alpha value is -1.22. The minimum atomic E-state index is 0.205. The lowest BCUT2D eigenvalue weighted by molar-refractivity contribution is 0.399. The van der Waals surface area contributed by atoms with Crippen LogP contribution in [0.25, 0.3) is 0 Å². The number of benzene rings is 1. The Kier molecular flexibility index (Phi) is 2.75. The lowest BCUT2D eigenvalue weighted by Gasteiger charge is -2.18. The van der Waals surface area contributed by atoms with Crippen LogP contribution in [0.5, 0.6) is 11.5 Å². The van der Waals surface area contributed by atoms with Crippen molar-refractivity contribution in [3.8, 4) is 11.5 Å². The fourth-order valence-electron chi connectivity index (χ4n) is 4.94. The van der Waals surface area contributed by atoms with Crippen molar-refractivity contribution in [3.63, 3.8) is 0 Å².